The Balaban J connectivity index is 2.48. The summed E-state index contributed by atoms with van der Waals surface area (Å²) in [6, 6.07) is 0.253. The average Bonchev–Trinajstić information content (AvgIpc) is 2.17. The fraction of sp³-hybridized carbons (Fsp3) is 0.917. The summed E-state index contributed by atoms with van der Waals surface area (Å²) in [6.45, 7) is 6.51. The van der Waals surface area contributed by atoms with Gasteiger partial charge in [0.15, 0.2) is 0 Å². The zero-order chi connectivity index (χ0) is 11.3. The van der Waals surface area contributed by atoms with Gasteiger partial charge in [-0.1, -0.05) is 20.3 Å². The van der Waals surface area contributed by atoms with E-state index in [2.05, 4.69) is 18.7 Å². The Morgan fingerprint density at radius 1 is 1.27 bits per heavy atom. The van der Waals surface area contributed by atoms with Crippen LogP contribution in [0.15, 0.2) is 0 Å². The number of hydrogen-bond donors (Lipinski definition) is 1. The van der Waals surface area contributed by atoms with Crippen LogP contribution in [-0.2, 0) is 4.79 Å². The van der Waals surface area contributed by atoms with Crippen molar-refractivity contribution >= 4 is 5.97 Å². The van der Waals surface area contributed by atoms with Gasteiger partial charge < -0.3 is 5.11 Å². The lowest BCUT2D eigenvalue weighted by molar-refractivity contribution is -0.138. The van der Waals surface area contributed by atoms with Crippen molar-refractivity contribution in [3.8, 4) is 0 Å². The molecule has 1 N–H and O–H groups in total. The molecule has 0 aromatic carbocycles. The molecule has 1 aliphatic heterocycles. The molecule has 1 fully saturated rings. The highest BCUT2D eigenvalue weighted by molar-refractivity contribution is 5.67. The third-order valence-electron chi connectivity index (χ3n) is 3.06. The van der Waals surface area contributed by atoms with Crippen molar-refractivity contribution in [3.05, 3.63) is 0 Å². The van der Waals surface area contributed by atoms with E-state index in [1.807, 2.05) is 0 Å². The minimum absolute atomic E-state index is 0.253. The van der Waals surface area contributed by atoms with Gasteiger partial charge >= 0.3 is 5.97 Å². The molecule has 1 rings (SSSR count). The first-order valence-electron chi connectivity index (χ1n) is 6.05. The summed E-state index contributed by atoms with van der Waals surface area (Å²) < 4.78 is 0. The monoisotopic (exact) mass is 213 g/mol. The summed E-state index contributed by atoms with van der Waals surface area (Å²) in [5, 5.41) is 8.90. The molecule has 0 amide bonds. The van der Waals surface area contributed by atoms with Gasteiger partial charge in [0.2, 0.25) is 0 Å². The second-order valence-electron chi connectivity index (χ2n) is 4.98. The maximum Gasteiger partial charge on any atom is 0.304 e. The molecule has 1 aliphatic rings. The van der Waals surface area contributed by atoms with Crippen molar-refractivity contribution in [1.82, 2.24) is 4.90 Å². The van der Waals surface area contributed by atoms with Gasteiger partial charge in [-0.25, -0.2) is 0 Å². The molecule has 1 saturated heterocycles. The van der Waals surface area contributed by atoms with E-state index in [-0.39, 0.29) is 6.04 Å². The van der Waals surface area contributed by atoms with Crippen LogP contribution in [0.5, 0.6) is 0 Å². The summed E-state index contributed by atoms with van der Waals surface area (Å²) in [5.41, 5.74) is 0. The second kappa shape index (κ2) is 6.11. The van der Waals surface area contributed by atoms with Gasteiger partial charge in [0.05, 0.1) is 6.42 Å². The van der Waals surface area contributed by atoms with E-state index in [4.69, 9.17) is 5.11 Å². The van der Waals surface area contributed by atoms with Crippen LogP contribution in [-0.4, -0.2) is 35.1 Å². The number of aliphatic carboxylic acids is 1. The number of rotatable bonds is 5. The summed E-state index contributed by atoms with van der Waals surface area (Å²) in [6.07, 6.45) is 5.07. The molecule has 1 atom stereocenters. The number of hydrogen-bond acceptors (Lipinski definition) is 2. The van der Waals surface area contributed by atoms with Gasteiger partial charge in [0.25, 0.3) is 0 Å². The molecule has 0 aliphatic carbocycles. The number of piperidine rings is 1. The fourth-order valence-electron chi connectivity index (χ4n) is 2.39. The number of likely N-dealkylation sites (tertiary alicyclic amines) is 1. The third kappa shape index (κ3) is 4.65. The van der Waals surface area contributed by atoms with Crippen LogP contribution < -0.4 is 0 Å². The lowest BCUT2D eigenvalue weighted by Crippen LogP contribution is -2.41. The van der Waals surface area contributed by atoms with E-state index in [1.165, 1.54) is 19.3 Å². The van der Waals surface area contributed by atoms with Crippen LogP contribution in [0, 0.1) is 5.92 Å². The first kappa shape index (κ1) is 12.5. The first-order chi connectivity index (χ1) is 7.09. The number of carboxylic acids is 1. The van der Waals surface area contributed by atoms with E-state index >= 15 is 0 Å². The minimum atomic E-state index is -0.661. The Labute approximate surface area is 92.5 Å². The summed E-state index contributed by atoms with van der Waals surface area (Å²) in [4.78, 5) is 13.2. The highest BCUT2D eigenvalue weighted by atomic mass is 16.4. The van der Waals surface area contributed by atoms with Crippen molar-refractivity contribution in [1.29, 1.82) is 0 Å². The largest absolute Gasteiger partial charge is 0.481 e. The van der Waals surface area contributed by atoms with Crippen LogP contribution in [0.25, 0.3) is 0 Å². The summed E-state index contributed by atoms with van der Waals surface area (Å²) >= 11 is 0. The SMILES string of the molecule is CC(C)CC(CC(=O)O)N1CCCCC1. The van der Waals surface area contributed by atoms with Crippen molar-refractivity contribution in [2.75, 3.05) is 13.1 Å². The smallest absolute Gasteiger partial charge is 0.304 e. The topological polar surface area (TPSA) is 40.5 Å². The third-order valence-corrected chi connectivity index (χ3v) is 3.06. The molecule has 88 valence electrons. The highest BCUT2D eigenvalue weighted by Crippen LogP contribution is 2.19. The predicted octanol–water partition coefficient (Wildman–Crippen LogP) is 2.36. The standard InChI is InChI=1S/C12H23NO2/c1-10(2)8-11(9-12(14)15)13-6-4-3-5-7-13/h10-11H,3-9H2,1-2H3,(H,14,15). The molecule has 0 saturated carbocycles. The van der Waals surface area contributed by atoms with Crippen molar-refractivity contribution in [3.63, 3.8) is 0 Å². The Hall–Kier alpha value is -0.570. The van der Waals surface area contributed by atoms with Crippen LogP contribution in [0.4, 0.5) is 0 Å². The quantitative estimate of drug-likeness (QED) is 0.762. The van der Waals surface area contributed by atoms with Crippen molar-refractivity contribution < 1.29 is 9.90 Å². The number of carboxylic acid groups (broad SMARTS) is 1. The predicted molar refractivity (Wildman–Crippen MR) is 60.9 cm³/mol. The molecule has 1 heterocycles. The molecule has 15 heavy (non-hydrogen) atoms. The van der Waals surface area contributed by atoms with Gasteiger partial charge in [-0.3, -0.25) is 9.69 Å². The summed E-state index contributed by atoms with van der Waals surface area (Å²) in [7, 11) is 0. The van der Waals surface area contributed by atoms with E-state index in [9.17, 15) is 4.79 Å². The van der Waals surface area contributed by atoms with Gasteiger partial charge in [-0.05, 0) is 38.3 Å². The highest BCUT2D eigenvalue weighted by Gasteiger charge is 2.23. The Morgan fingerprint density at radius 2 is 1.87 bits per heavy atom. The van der Waals surface area contributed by atoms with Crippen molar-refractivity contribution in [2.24, 2.45) is 5.92 Å². The maximum atomic E-state index is 10.8. The van der Waals surface area contributed by atoms with Crippen LogP contribution in [0.1, 0.15) is 46.0 Å². The van der Waals surface area contributed by atoms with Gasteiger partial charge in [0, 0.05) is 6.04 Å². The van der Waals surface area contributed by atoms with Crippen LogP contribution in [0.3, 0.4) is 0 Å². The van der Waals surface area contributed by atoms with Gasteiger partial charge in [-0.15, -0.1) is 0 Å². The zero-order valence-corrected chi connectivity index (χ0v) is 9.91. The summed E-state index contributed by atoms with van der Waals surface area (Å²) in [5.74, 6) is -0.0810. The second-order valence-corrected chi connectivity index (χ2v) is 4.98. The molecular weight excluding hydrogens is 190 g/mol. The molecule has 0 spiro atoms. The van der Waals surface area contributed by atoms with Crippen molar-refractivity contribution in [2.45, 2.75) is 52.0 Å². The Morgan fingerprint density at radius 3 is 2.33 bits per heavy atom. The van der Waals surface area contributed by atoms with E-state index in [0.29, 0.717) is 12.3 Å². The van der Waals surface area contributed by atoms with Gasteiger partial charge in [0.1, 0.15) is 0 Å². The lowest BCUT2D eigenvalue weighted by Gasteiger charge is -2.34. The van der Waals surface area contributed by atoms with E-state index in [1.54, 1.807) is 0 Å². The normalized spacial score (nSPS) is 20.5. The lowest BCUT2D eigenvalue weighted by atomic mass is 9.97. The molecule has 0 bridgehead atoms. The maximum absolute atomic E-state index is 10.8. The van der Waals surface area contributed by atoms with Crippen LogP contribution >= 0.6 is 0 Å². The zero-order valence-electron chi connectivity index (χ0n) is 9.91. The molecule has 1 unspecified atom stereocenters. The van der Waals surface area contributed by atoms with E-state index < -0.39 is 5.97 Å². The molecular formula is C12H23NO2. The molecule has 3 nitrogen and oxygen atoms in total. The average molecular weight is 213 g/mol. The van der Waals surface area contributed by atoms with Gasteiger partial charge in [-0.2, -0.15) is 0 Å². The Kier molecular flexibility index (Phi) is 5.09. The molecule has 0 radical (unpaired) electrons. The fourth-order valence-corrected chi connectivity index (χ4v) is 2.39. The number of nitrogens with zero attached hydrogens (tertiary/aromatic N) is 1. The molecule has 0 aromatic rings. The number of carbonyl (C=O) groups is 1. The van der Waals surface area contributed by atoms with E-state index in [0.717, 1.165) is 19.5 Å². The minimum Gasteiger partial charge on any atom is -0.481 e. The molecule has 0 aromatic heterocycles. The molecule has 3 heteroatoms. The Bertz CT molecular complexity index is 198. The van der Waals surface area contributed by atoms with Crippen LogP contribution in [0.2, 0.25) is 0 Å². The first-order valence-corrected chi connectivity index (χ1v) is 6.05.